The largest absolute Gasteiger partial charge is 0.377 e. The first-order valence-electron chi connectivity index (χ1n) is 9.45. The predicted octanol–water partition coefficient (Wildman–Crippen LogP) is 2.94. The van der Waals surface area contributed by atoms with Crippen molar-refractivity contribution in [2.24, 2.45) is 0 Å². The highest BCUT2D eigenvalue weighted by molar-refractivity contribution is 5.92. The number of amides is 1. The number of para-hydroxylation sites is 1. The highest BCUT2D eigenvalue weighted by atomic mass is 19.1. The van der Waals surface area contributed by atoms with Gasteiger partial charge in [0.2, 0.25) is 0 Å². The van der Waals surface area contributed by atoms with E-state index in [2.05, 4.69) is 15.1 Å². The summed E-state index contributed by atoms with van der Waals surface area (Å²) in [5.74, 6) is -0.560. The Morgan fingerprint density at radius 3 is 2.69 bits per heavy atom. The Labute approximate surface area is 168 Å². The molecule has 1 aromatic carbocycles. The van der Waals surface area contributed by atoms with Gasteiger partial charge >= 0.3 is 0 Å². The van der Waals surface area contributed by atoms with E-state index in [1.807, 2.05) is 20.8 Å². The minimum Gasteiger partial charge on any atom is -0.377 e. The standard InChI is InChI=1S/C21H22FN5O2/c1-13-10-24-17(11-23-13)21(28)26-8-9-29-12-19(26)20-14(2)25-27(15(20)3)18-7-5-4-6-16(18)22/h4-7,10-11,19H,8-9,12H2,1-3H3/t19-/m0/s1. The molecule has 2 aromatic heterocycles. The third-order valence-corrected chi connectivity index (χ3v) is 5.15. The first kappa shape index (κ1) is 19.2. The Hall–Kier alpha value is -3.13. The van der Waals surface area contributed by atoms with Crippen LogP contribution in [0, 0.1) is 26.6 Å². The average Bonchev–Trinajstić information content (AvgIpc) is 3.02. The van der Waals surface area contributed by atoms with Gasteiger partial charge in [-0.2, -0.15) is 5.10 Å². The van der Waals surface area contributed by atoms with Crippen molar-refractivity contribution in [1.29, 1.82) is 0 Å². The van der Waals surface area contributed by atoms with E-state index < -0.39 is 0 Å². The number of halogens is 1. The molecular weight excluding hydrogens is 373 g/mol. The van der Waals surface area contributed by atoms with Crippen molar-refractivity contribution in [2.75, 3.05) is 19.8 Å². The lowest BCUT2D eigenvalue weighted by Gasteiger charge is -2.35. The lowest BCUT2D eigenvalue weighted by Crippen LogP contribution is -2.44. The summed E-state index contributed by atoms with van der Waals surface area (Å²) >= 11 is 0. The maximum absolute atomic E-state index is 14.3. The van der Waals surface area contributed by atoms with Crippen LogP contribution in [-0.2, 0) is 4.74 Å². The van der Waals surface area contributed by atoms with E-state index in [1.165, 1.54) is 12.3 Å². The van der Waals surface area contributed by atoms with Gasteiger partial charge in [-0.1, -0.05) is 12.1 Å². The van der Waals surface area contributed by atoms with Crippen LogP contribution >= 0.6 is 0 Å². The summed E-state index contributed by atoms with van der Waals surface area (Å²) in [6, 6.07) is 6.16. The Balaban J connectivity index is 1.73. The molecule has 0 N–H and O–H groups in total. The van der Waals surface area contributed by atoms with Crippen LogP contribution in [-0.4, -0.2) is 50.3 Å². The number of aromatic nitrogens is 4. The maximum Gasteiger partial charge on any atom is 0.274 e. The fourth-order valence-corrected chi connectivity index (χ4v) is 3.73. The molecule has 8 heteroatoms. The highest BCUT2D eigenvalue weighted by Gasteiger charge is 2.34. The van der Waals surface area contributed by atoms with Crippen LogP contribution in [0.1, 0.15) is 39.2 Å². The van der Waals surface area contributed by atoms with Crippen LogP contribution in [0.25, 0.3) is 5.69 Å². The second kappa shape index (κ2) is 7.71. The number of rotatable bonds is 3. The number of benzene rings is 1. The lowest BCUT2D eigenvalue weighted by atomic mass is 10.0. The molecule has 1 fully saturated rings. The Morgan fingerprint density at radius 1 is 1.17 bits per heavy atom. The Morgan fingerprint density at radius 2 is 1.97 bits per heavy atom. The number of carbonyl (C=O) groups excluding carboxylic acids is 1. The van der Waals surface area contributed by atoms with Gasteiger partial charge in [-0.25, -0.2) is 14.1 Å². The zero-order chi connectivity index (χ0) is 20.5. The summed E-state index contributed by atoms with van der Waals surface area (Å²) < 4.78 is 21.6. The van der Waals surface area contributed by atoms with Gasteiger partial charge < -0.3 is 9.64 Å². The third kappa shape index (κ3) is 3.51. The van der Waals surface area contributed by atoms with Gasteiger partial charge in [-0.15, -0.1) is 0 Å². The third-order valence-electron chi connectivity index (χ3n) is 5.15. The molecule has 0 aliphatic carbocycles. The molecule has 0 spiro atoms. The summed E-state index contributed by atoms with van der Waals surface area (Å²) in [4.78, 5) is 23.3. The molecule has 1 saturated heterocycles. The molecule has 29 heavy (non-hydrogen) atoms. The van der Waals surface area contributed by atoms with Crippen molar-refractivity contribution >= 4 is 5.91 Å². The quantitative estimate of drug-likeness (QED) is 0.682. The fourth-order valence-electron chi connectivity index (χ4n) is 3.73. The van der Waals surface area contributed by atoms with E-state index in [1.54, 1.807) is 34.0 Å². The maximum atomic E-state index is 14.3. The molecule has 1 amide bonds. The molecule has 0 unspecified atom stereocenters. The van der Waals surface area contributed by atoms with E-state index in [4.69, 9.17) is 4.74 Å². The second-order valence-corrected chi connectivity index (χ2v) is 7.08. The molecule has 7 nitrogen and oxygen atoms in total. The second-order valence-electron chi connectivity index (χ2n) is 7.08. The van der Waals surface area contributed by atoms with E-state index in [9.17, 15) is 9.18 Å². The summed E-state index contributed by atoms with van der Waals surface area (Å²) in [7, 11) is 0. The topological polar surface area (TPSA) is 73.1 Å². The van der Waals surface area contributed by atoms with E-state index in [0.29, 0.717) is 31.1 Å². The molecule has 3 heterocycles. The molecule has 0 radical (unpaired) electrons. The number of carbonyl (C=O) groups is 1. The number of morpholine rings is 1. The van der Waals surface area contributed by atoms with Crippen molar-refractivity contribution < 1.29 is 13.9 Å². The van der Waals surface area contributed by atoms with Gasteiger partial charge in [0, 0.05) is 24.0 Å². The first-order valence-corrected chi connectivity index (χ1v) is 9.45. The molecule has 1 aliphatic rings. The van der Waals surface area contributed by atoms with Crippen molar-refractivity contribution in [1.82, 2.24) is 24.6 Å². The minimum absolute atomic E-state index is 0.205. The molecule has 1 atom stereocenters. The Kier molecular flexibility index (Phi) is 5.10. The number of aryl methyl sites for hydroxylation is 2. The molecule has 1 aliphatic heterocycles. The van der Waals surface area contributed by atoms with Crippen molar-refractivity contribution in [2.45, 2.75) is 26.8 Å². The molecular formula is C21H22FN5O2. The van der Waals surface area contributed by atoms with Crippen LogP contribution < -0.4 is 0 Å². The van der Waals surface area contributed by atoms with Gasteiger partial charge in [0.25, 0.3) is 5.91 Å². The van der Waals surface area contributed by atoms with E-state index in [0.717, 1.165) is 22.6 Å². The van der Waals surface area contributed by atoms with Gasteiger partial charge in [0.1, 0.15) is 17.2 Å². The van der Waals surface area contributed by atoms with Crippen molar-refractivity contribution in [3.63, 3.8) is 0 Å². The molecule has 150 valence electrons. The summed E-state index contributed by atoms with van der Waals surface area (Å²) in [5, 5.41) is 4.55. The summed E-state index contributed by atoms with van der Waals surface area (Å²) in [6.07, 6.45) is 3.07. The fraction of sp³-hybridized carbons (Fsp3) is 0.333. The van der Waals surface area contributed by atoms with Crippen LogP contribution in [0.5, 0.6) is 0 Å². The molecule has 3 aromatic rings. The first-order chi connectivity index (χ1) is 14.0. The van der Waals surface area contributed by atoms with Gasteiger partial charge in [0.15, 0.2) is 0 Å². The van der Waals surface area contributed by atoms with E-state index in [-0.39, 0.29) is 17.8 Å². The van der Waals surface area contributed by atoms with E-state index >= 15 is 0 Å². The summed E-state index contributed by atoms with van der Waals surface area (Å²) in [6.45, 7) is 6.79. The Bertz CT molecular complexity index is 1050. The number of hydrogen-bond donors (Lipinski definition) is 0. The highest BCUT2D eigenvalue weighted by Crippen LogP contribution is 2.32. The number of hydrogen-bond acceptors (Lipinski definition) is 5. The molecule has 4 rings (SSSR count). The SMILES string of the molecule is Cc1cnc(C(=O)N2CCOC[C@H]2c2c(C)nn(-c3ccccc3F)c2C)cn1. The lowest BCUT2D eigenvalue weighted by molar-refractivity contribution is -0.00337. The van der Waals surface area contributed by atoms with Gasteiger partial charge in [0.05, 0.1) is 36.8 Å². The normalized spacial score (nSPS) is 16.8. The number of ether oxygens (including phenoxy) is 1. The number of nitrogens with zero attached hydrogens (tertiary/aromatic N) is 5. The van der Waals surface area contributed by atoms with Crippen molar-refractivity contribution in [3.8, 4) is 5.69 Å². The van der Waals surface area contributed by atoms with Gasteiger partial charge in [-0.05, 0) is 32.9 Å². The van der Waals surface area contributed by atoms with Crippen LogP contribution in [0.2, 0.25) is 0 Å². The zero-order valence-electron chi connectivity index (χ0n) is 16.6. The van der Waals surface area contributed by atoms with Crippen LogP contribution in [0.15, 0.2) is 36.7 Å². The minimum atomic E-state index is -0.354. The molecule has 0 bridgehead atoms. The van der Waals surface area contributed by atoms with Crippen LogP contribution in [0.4, 0.5) is 4.39 Å². The predicted molar refractivity (Wildman–Crippen MR) is 104 cm³/mol. The monoisotopic (exact) mass is 395 g/mol. The van der Waals surface area contributed by atoms with Crippen molar-refractivity contribution in [3.05, 3.63) is 70.8 Å². The average molecular weight is 395 g/mol. The zero-order valence-corrected chi connectivity index (χ0v) is 16.6. The summed E-state index contributed by atoms with van der Waals surface area (Å²) in [5.41, 5.74) is 3.78. The molecule has 0 saturated carbocycles. The van der Waals surface area contributed by atoms with Gasteiger partial charge in [-0.3, -0.25) is 9.78 Å². The van der Waals surface area contributed by atoms with Crippen LogP contribution in [0.3, 0.4) is 0 Å². The smallest absolute Gasteiger partial charge is 0.274 e.